The standard InChI is InChI=1S/C17H18N2O5/c20-14(19-7-5-17(24,6-8-19)16(22)23)10-12-9-11-3-1-2-4-13(11)18-15(12)21/h1-4,9,24H,5-8,10H2,(H,18,21)(H,22,23). The molecule has 2 heterocycles. The zero-order valence-corrected chi connectivity index (χ0v) is 13.0. The van der Waals surface area contributed by atoms with E-state index in [1.807, 2.05) is 18.2 Å². The van der Waals surface area contributed by atoms with E-state index in [-0.39, 0.29) is 43.8 Å². The number of H-pyrrole nitrogens is 1. The minimum absolute atomic E-state index is 0.0118. The number of nitrogens with zero attached hydrogens (tertiary/aromatic N) is 1. The maximum Gasteiger partial charge on any atom is 0.335 e. The molecule has 0 unspecified atom stereocenters. The van der Waals surface area contributed by atoms with Gasteiger partial charge in [-0.2, -0.15) is 0 Å². The van der Waals surface area contributed by atoms with E-state index in [0.29, 0.717) is 11.1 Å². The lowest BCUT2D eigenvalue weighted by Gasteiger charge is -2.35. The predicted molar refractivity (Wildman–Crippen MR) is 86.7 cm³/mol. The number of amides is 1. The van der Waals surface area contributed by atoms with E-state index in [2.05, 4.69) is 4.98 Å². The zero-order chi connectivity index (χ0) is 17.3. The molecule has 0 saturated carbocycles. The topological polar surface area (TPSA) is 111 Å². The number of fused-ring (bicyclic) bond motifs is 1. The lowest BCUT2D eigenvalue weighted by atomic mass is 9.91. The number of likely N-dealkylation sites (tertiary alicyclic amines) is 1. The van der Waals surface area contributed by atoms with Crippen molar-refractivity contribution in [3.05, 3.63) is 46.2 Å². The molecule has 1 aromatic carbocycles. The van der Waals surface area contributed by atoms with Crippen LogP contribution in [0.3, 0.4) is 0 Å². The summed E-state index contributed by atoms with van der Waals surface area (Å²) in [5, 5.41) is 19.7. The van der Waals surface area contributed by atoms with Gasteiger partial charge < -0.3 is 20.1 Å². The van der Waals surface area contributed by atoms with Crippen molar-refractivity contribution in [1.82, 2.24) is 9.88 Å². The number of para-hydroxylation sites is 1. The number of nitrogens with one attached hydrogen (secondary N) is 1. The first-order valence-electron chi connectivity index (χ1n) is 7.73. The van der Waals surface area contributed by atoms with Crippen LogP contribution in [0.1, 0.15) is 18.4 Å². The van der Waals surface area contributed by atoms with Crippen LogP contribution in [0.4, 0.5) is 0 Å². The Morgan fingerprint density at radius 3 is 2.54 bits per heavy atom. The summed E-state index contributed by atoms with van der Waals surface area (Å²) < 4.78 is 0. The molecule has 1 fully saturated rings. The van der Waals surface area contributed by atoms with Gasteiger partial charge in [0.1, 0.15) is 0 Å². The third-order valence-electron chi connectivity index (χ3n) is 4.51. The number of carbonyl (C=O) groups is 2. The van der Waals surface area contributed by atoms with E-state index in [9.17, 15) is 19.5 Å². The molecule has 1 aromatic heterocycles. The second kappa shape index (κ2) is 6.09. The van der Waals surface area contributed by atoms with Crippen LogP contribution in [0.2, 0.25) is 0 Å². The van der Waals surface area contributed by atoms with Crippen molar-refractivity contribution in [2.75, 3.05) is 13.1 Å². The maximum absolute atomic E-state index is 12.4. The first kappa shape index (κ1) is 16.2. The number of carboxylic acids is 1. The Labute approximate surface area is 137 Å². The maximum atomic E-state index is 12.4. The Hall–Kier alpha value is -2.67. The highest BCUT2D eigenvalue weighted by Gasteiger charge is 2.40. The SMILES string of the molecule is O=C(Cc1cc2ccccc2[nH]c1=O)N1CCC(O)(C(=O)O)CC1. The molecule has 1 aliphatic heterocycles. The first-order valence-corrected chi connectivity index (χ1v) is 7.73. The lowest BCUT2D eigenvalue weighted by molar-refractivity contribution is -0.165. The van der Waals surface area contributed by atoms with E-state index in [1.54, 1.807) is 12.1 Å². The van der Waals surface area contributed by atoms with Gasteiger partial charge in [0.15, 0.2) is 5.60 Å². The van der Waals surface area contributed by atoms with Gasteiger partial charge in [0.25, 0.3) is 5.56 Å². The molecule has 3 rings (SSSR count). The zero-order valence-electron chi connectivity index (χ0n) is 13.0. The average molecular weight is 330 g/mol. The molecule has 1 saturated heterocycles. The van der Waals surface area contributed by atoms with Crippen LogP contribution < -0.4 is 5.56 Å². The molecule has 1 aliphatic rings. The van der Waals surface area contributed by atoms with Crippen LogP contribution in [0.5, 0.6) is 0 Å². The fourth-order valence-corrected chi connectivity index (χ4v) is 2.94. The van der Waals surface area contributed by atoms with Gasteiger partial charge in [0.2, 0.25) is 5.91 Å². The van der Waals surface area contributed by atoms with E-state index in [4.69, 9.17) is 5.11 Å². The smallest absolute Gasteiger partial charge is 0.335 e. The molecule has 2 aromatic rings. The van der Waals surface area contributed by atoms with Crippen LogP contribution in [0.15, 0.2) is 35.1 Å². The van der Waals surface area contributed by atoms with Crippen molar-refractivity contribution in [1.29, 1.82) is 0 Å². The number of carbonyl (C=O) groups excluding carboxylic acids is 1. The van der Waals surface area contributed by atoms with E-state index in [1.165, 1.54) is 4.90 Å². The fraction of sp³-hybridized carbons (Fsp3) is 0.353. The number of hydrogen-bond donors (Lipinski definition) is 3. The van der Waals surface area contributed by atoms with Gasteiger partial charge in [-0.05, 0) is 17.5 Å². The van der Waals surface area contributed by atoms with Gasteiger partial charge >= 0.3 is 5.97 Å². The number of pyridine rings is 1. The van der Waals surface area contributed by atoms with Crippen molar-refractivity contribution >= 4 is 22.8 Å². The molecule has 24 heavy (non-hydrogen) atoms. The number of aromatic amines is 1. The highest BCUT2D eigenvalue weighted by atomic mass is 16.4. The Kier molecular flexibility index (Phi) is 4.11. The average Bonchev–Trinajstić information content (AvgIpc) is 2.56. The van der Waals surface area contributed by atoms with Gasteiger partial charge in [0, 0.05) is 37.0 Å². The van der Waals surface area contributed by atoms with Crippen LogP contribution in [0.25, 0.3) is 10.9 Å². The largest absolute Gasteiger partial charge is 0.479 e. The number of benzene rings is 1. The van der Waals surface area contributed by atoms with Crippen molar-refractivity contribution in [3.63, 3.8) is 0 Å². The minimum atomic E-state index is -1.77. The Balaban J connectivity index is 1.73. The Morgan fingerprint density at radius 1 is 1.21 bits per heavy atom. The predicted octanol–water partition coefficient (Wildman–Crippen LogP) is 0.509. The van der Waals surface area contributed by atoms with Crippen molar-refractivity contribution in [2.45, 2.75) is 24.9 Å². The number of aliphatic hydroxyl groups is 1. The monoisotopic (exact) mass is 330 g/mol. The molecule has 0 aliphatic carbocycles. The molecular weight excluding hydrogens is 312 g/mol. The Morgan fingerprint density at radius 2 is 1.88 bits per heavy atom. The summed E-state index contributed by atoms with van der Waals surface area (Å²) in [4.78, 5) is 39.7. The normalized spacial score (nSPS) is 17.0. The summed E-state index contributed by atoms with van der Waals surface area (Å²) in [6, 6.07) is 9.01. The lowest BCUT2D eigenvalue weighted by Crippen LogP contribution is -2.51. The van der Waals surface area contributed by atoms with Gasteiger partial charge in [-0.25, -0.2) is 4.79 Å². The third-order valence-corrected chi connectivity index (χ3v) is 4.51. The summed E-state index contributed by atoms with van der Waals surface area (Å²) in [6.07, 6.45) is -0.0734. The van der Waals surface area contributed by atoms with Gasteiger partial charge in [-0.1, -0.05) is 18.2 Å². The highest BCUT2D eigenvalue weighted by Crippen LogP contribution is 2.23. The van der Waals surface area contributed by atoms with Crippen LogP contribution in [-0.4, -0.2) is 50.7 Å². The van der Waals surface area contributed by atoms with Crippen LogP contribution >= 0.6 is 0 Å². The molecule has 7 heteroatoms. The molecule has 1 amide bonds. The summed E-state index contributed by atoms with van der Waals surface area (Å²) >= 11 is 0. The number of carboxylic acid groups (broad SMARTS) is 1. The van der Waals surface area contributed by atoms with Crippen molar-refractivity contribution in [2.24, 2.45) is 0 Å². The number of rotatable bonds is 3. The van der Waals surface area contributed by atoms with Gasteiger partial charge in [-0.15, -0.1) is 0 Å². The van der Waals surface area contributed by atoms with E-state index in [0.717, 1.165) is 5.39 Å². The van der Waals surface area contributed by atoms with Gasteiger partial charge in [-0.3, -0.25) is 9.59 Å². The molecule has 0 atom stereocenters. The molecule has 0 bridgehead atoms. The number of piperidine rings is 1. The summed E-state index contributed by atoms with van der Waals surface area (Å²) in [5.74, 6) is -1.51. The molecule has 0 radical (unpaired) electrons. The third kappa shape index (κ3) is 3.03. The molecule has 0 spiro atoms. The molecule has 7 nitrogen and oxygen atoms in total. The number of hydrogen-bond acceptors (Lipinski definition) is 4. The highest BCUT2D eigenvalue weighted by molar-refractivity contribution is 5.83. The number of aromatic nitrogens is 1. The molecular formula is C17H18N2O5. The second-order valence-electron chi connectivity index (χ2n) is 6.11. The first-order chi connectivity index (χ1) is 11.4. The fourth-order valence-electron chi connectivity index (χ4n) is 2.94. The molecule has 3 N–H and O–H groups in total. The quantitative estimate of drug-likeness (QED) is 0.759. The second-order valence-corrected chi connectivity index (χ2v) is 6.11. The minimum Gasteiger partial charge on any atom is -0.479 e. The van der Waals surface area contributed by atoms with E-state index < -0.39 is 11.6 Å². The summed E-state index contributed by atoms with van der Waals surface area (Å²) in [5.41, 5.74) is -0.987. The van der Waals surface area contributed by atoms with Crippen molar-refractivity contribution < 1.29 is 19.8 Å². The van der Waals surface area contributed by atoms with Crippen molar-refractivity contribution in [3.8, 4) is 0 Å². The van der Waals surface area contributed by atoms with Crippen LogP contribution in [0, 0.1) is 0 Å². The molecule has 126 valence electrons. The van der Waals surface area contributed by atoms with Crippen LogP contribution in [-0.2, 0) is 16.0 Å². The Bertz CT molecular complexity index is 849. The summed E-state index contributed by atoms with van der Waals surface area (Å²) in [6.45, 7) is 0.320. The number of aliphatic carboxylic acids is 1. The van der Waals surface area contributed by atoms with E-state index >= 15 is 0 Å². The summed E-state index contributed by atoms with van der Waals surface area (Å²) in [7, 11) is 0. The van der Waals surface area contributed by atoms with Gasteiger partial charge in [0.05, 0.1) is 6.42 Å².